The minimum atomic E-state index is 0.136. The van der Waals surface area contributed by atoms with Gasteiger partial charge in [-0.3, -0.25) is 9.69 Å². The van der Waals surface area contributed by atoms with Gasteiger partial charge in [-0.1, -0.05) is 0 Å². The third kappa shape index (κ3) is 1.56. The first kappa shape index (κ1) is 8.97. The Kier molecular flexibility index (Phi) is 2.51. The molecule has 0 aromatic heterocycles. The van der Waals surface area contributed by atoms with Crippen LogP contribution in [0.5, 0.6) is 0 Å². The van der Waals surface area contributed by atoms with Crippen LogP contribution in [0.4, 0.5) is 0 Å². The van der Waals surface area contributed by atoms with Crippen LogP contribution in [0.1, 0.15) is 12.8 Å². The fourth-order valence-corrected chi connectivity index (χ4v) is 2.18. The lowest BCUT2D eigenvalue weighted by atomic mass is 10.1. The van der Waals surface area contributed by atoms with Crippen molar-refractivity contribution in [2.24, 2.45) is 0 Å². The van der Waals surface area contributed by atoms with Gasteiger partial charge in [-0.15, -0.1) is 0 Å². The normalized spacial score (nSPS) is 30.1. The van der Waals surface area contributed by atoms with Gasteiger partial charge in [0.2, 0.25) is 5.91 Å². The van der Waals surface area contributed by atoms with Crippen LogP contribution in [0, 0.1) is 0 Å². The average molecular weight is 183 g/mol. The van der Waals surface area contributed by atoms with Crippen LogP contribution in [-0.2, 0) is 4.79 Å². The highest BCUT2D eigenvalue weighted by Crippen LogP contribution is 2.21. The summed E-state index contributed by atoms with van der Waals surface area (Å²) in [5, 5.41) is 5.98. The maximum Gasteiger partial charge on any atom is 0.237 e. The number of carbonyl (C=O) groups is 1. The van der Waals surface area contributed by atoms with Crippen LogP contribution in [0.3, 0.4) is 0 Å². The first-order valence-corrected chi connectivity index (χ1v) is 5.01. The van der Waals surface area contributed by atoms with Crippen molar-refractivity contribution in [3.63, 3.8) is 0 Å². The molecule has 2 fully saturated rings. The van der Waals surface area contributed by atoms with Gasteiger partial charge in [-0.05, 0) is 19.4 Å². The molecule has 2 rings (SSSR count). The minimum absolute atomic E-state index is 0.136. The van der Waals surface area contributed by atoms with Crippen LogP contribution in [0.15, 0.2) is 0 Å². The molecule has 2 N–H and O–H groups in total. The molecule has 4 heteroatoms. The van der Waals surface area contributed by atoms with Crippen molar-refractivity contribution >= 4 is 5.91 Å². The number of nitrogens with one attached hydrogen (secondary N) is 2. The van der Waals surface area contributed by atoms with Crippen LogP contribution >= 0.6 is 0 Å². The summed E-state index contributed by atoms with van der Waals surface area (Å²) in [7, 11) is 1.72. The van der Waals surface area contributed by atoms with Gasteiger partial charge >= 0.3 is 0 Å². The fraction of sp³-hybridized carbons (Fsp3) is 0.889. The Morgan fingerprint density at radius 3 is 2.85 bits per heavy atom. The van der Waals surface area contributed by atoms with Crippen LogP contribution in [0.2, 0.25) is 0 Å². The van der Waals surface area contributed by atoms with Crippen molar-refractivity contribution in [2.75, 3.05) is 26.7 Å². The molecule has 13 heavy (non-hydrogen) atoms. The SMILES string of the molecule is CNC(=O)C1CCCN1C1CNC1. The molecule has 2 aliphatic rings. The number of likely N-dealkylation sites (N-methyl/N-ethyl adjacent to an activating group) is 1. The quantitative estimate of drug-likeness (QED) is 0.587. The number of hydrogen-bond acceptors (Lipinski definition) is 3. The standard InChI is InChI=1S/C9H17N3O/c1-10-9(13)8-3-2-4-12(8)7-5-11-6-7/h7-8,11H,2-6H2,1H3,(H,10,13). The van der Waals surface area contributed by atoms with E-state index in [1.54, 1.807) is 7.05 Å². The van der Waals surface area contributed by atoms with E-state index in [4.69, 9.17) is 0 Å². The second-order valence-corrected chi connectivity index (χ2v) is 3.82. The summed E-state index contributed by atoms with van der Waals surface area (Å²) >= 11 is 0. The Morgan fingerprint density at radius 2 is 2.31 bits per heavy atom. The first-order chi connectivity index (χ1) is 6.33. The van der Waals surface area contributed by atoms with Gasteiger partial charge < -0.3 is 10.6 Å². The molecule has 2 aliphatic heterocycles. The number of amides is 1. The summed E-state index contributed by atoms with van der Waals surface area (Å²) < 4.78 is 0. The zero-order valence-corrected chi connectivity index (χ0v) is 8.05. The lowest BCUT2D eigenvalue weighted by Crippen LogP contribution is -2.60. The Balaban J connectivity index is 1.96. The minimum Gasteiger partial charge on any atom is -0.358 e. The highest BCUT2D eigenvalue weighted by atomic mass is 16.2. The molecule has 0 radical (unpaired) electrons. The molecule has 2 saturated heterocycles. The molecule has 2 heterocycles. The molecular formula is C9H17N3O. The van der Waals surface area contributed by atoms with Gasteiger partial charge in [0.05, 0.1) is 6.04 Å². The smallest absolute Gasteiger partial charge is 0.237 e. The third-order valence-corrected chi connectivity index (χ3v) is 3.07. The predicted octanol–water partition coefficient (Wildman–Crippen LogP) is -0.831. The number of nitrogens with zero attached hydrogens (tertiary/aromatic N) is 1. The van der Waals surface area contributed by atoms with Gasteiger partial charge in [0, 0.05) is 26.2 Å². The van der Waals surface area contributed by atoms with E-state index in [-0.39, 0.29) is 11.9 Å². The van der Waals surface area contributed by atoms with Crippen molar-refractivity contribution < 1.29 is 4.79 Å². The largest absolute Gasteiger partial charge is 0.358 e. The summed E-state index contributed by atoms with van der Waals surface area (Å²) in [6, 6.07) is 0.738. The Labute approximate surface area is 78.7 Å². The maximum atomic E-state index is 11.5. The zero-order valence-electron chi connectivity index (χ0n) is 8.05. The molecule has 0 spiro atoms. The molecule has 4 nitrogen and oxygen atoms in total. The summed E-state index contributed by atoms with van der Waals surface area (Å²) in [5.74, 6) is 0.185. The molecule has 74 valence electrons. The average Bonchev–Trinajstić information content (AvgIpc) is 2.49. The van der Waals surface area contributed by atoms with E-state index in [2.05, 4.69) is 15.5 Å². The van der Waals surface area contributed by atoms with Gasteiger partial charge in [0.15, 0.2) is 0 Å². The van der Waals surface area contributed by atoms with Gasteiger partial charge in [0.1, 0.15) is 0 Å². The number of likely N-dealkylation sites (tertiary alicyclic amines) is 1. The van der Waals surface area contributed by atoms with E-state index in [1.165, 1.54) is 0 Å². The maximum absolute atomic E-state index is 11.5. The summed E-state index contributed by atoms with van der Waals surface area (Å²) in [4.78, 5) is 13.8. The molecule has 0 aromatic rings. The lowest BCUT2D eigenvalue weighted by Gasteiger charge is -2.38. The van der Waals surface area contributed by atoms with E-state index < -0.39 is 0 Å². The monoisotopic (exact) mass is 183 g/mol. The number of rotatable bonds is 2. The van der Waals surface area contributed by atoms with E-state index >= 15 is 0 Å². The van der Waals surface area contributed by atoms with E-state index in [0.29, 0.717) is 6.04 Å². The van der Waals surface area contributed by atoms with Gasteiger partial charge in [0.25, 0.3) is 0 Å². The van der Waals surface area contributed by atoms with Crippen LogP contribution < -0.4 is 10.6 Å². The molecule has 1 unspecified atom stereocenters. The van der Waals surface area contributed by atoms with Crippen molar-refractivity contribution in [3.8, 4) is 0 Å². The molecule has 0 aliphatic carbocycles. The second-order valence-electron chi connectivity index (χ2n) is 3.82. The van der Waals surface area contributed by atoms with Crippen molar-refractivity contribution in [3.05, 3.63) is 0 Å². The Morgan fingerprint density at radius 1 is 1.54 bits per heavy atom. The highest BCUT2D eigenvalue weighted by Gasteiger charge is 2.36. The van der Waals surface area contributed by atoms with Crippen molar-refractivity contribution in [2.45, 2.75) is 24.9 Å². The van der Waals surface area contributed by atoms with Crippen LogP contribution in [0.25, 0.3) is 0 Å². The summed E-state index contributed by atoms with van der Waals surface area (Å²) in [6.07, 6.45) is 2.19. The topological polar surface area (TPSA) is 44.4 Å². The Hall–Kier alpha value is -0.610. The van der Waals surface area contributed by atoms with Crippen LogP contribution in [-0.4, -0.2) is 49.6 Å². The molecule has 0 saturated carbocycles. The molecule has 1 amide bonds. The van der Waals surface area contributed by atoms with E-state index in [1.807, 2.05) is 0 Å². The van der Waals surface area contributed by atoms with E-state index in [9.17, 15) is 4.79 Å². The van der Waals surface area contributed by atoms with Gasteiger partial charge in [-0.25, -0.2) is 0 Å². The fourth-order valence-electron chi connectivity index (χ4n) is 2.18. The number of hydrogen-bond donors (Lipinski definition) is 2. The zero-order chi connectivity index (χ0) is 9.26. The highest BCUT2D eigenvalue weighted by molar-refractivity contribution is 5.81. The Bertz CT molecular complexity index is 203. The predicted molar refractivity (Wildman–Crippen MR) is 50.5 cm³/mol. The van der Waals surface area contributed by atoms with Crippen molar-refractivity contribution in [1.29, 1.82) is 0 Å². The molecule has 0 bridgehead atoms. The van der Waals surface area contributed by atoms with E-state index in [0.717, 1.165) is 32.5 Å². The molecule has 1 atom stereocenters. The lowest BCUT2D eigenvalue weighted by molar-refractivity contribution is -0.126. The molecular weight excluding hydrogens is 166 g/mol. The third-order valence-electron chi connectivity index (χ3n) is 3.07. The first-order valence-electron chi connectivity index (χ1n) is 5.01. The summed E-state index contributed by atoms with van der Waals surface area (Å²) in [5.41, 5.74) is 0. The van der Waals surface area contributed by atoms with Gasteiger partial charge in [-0.2, -0.15) is 0 Å². The van der Waals surface area contributed by atoms with Crippen molar-refractivity contribution in [1.82, 2.24) is 15.5 Å². The number of carbonyl (C=O) groups excluding carboxylic acids is 1. The second kappa shape index (κ2) is 3.64. The molecule has 0 aromatic carbocycles. The summed E-state index contributed by atoms with van der Waals surface area (Å²) in [6.45, 7) is 3.19.